The summed E-state index contributed by atoms with van der Waals surface area (Å²) in [5, 5.41) is 4.07. The molecule has 0 saturated carbocycles. The van der Waals surface area contributed by atoms with Gasteiger partial charge in [0.1, 0.15) is 12.6 Å². The average Bonchev–Trinajstić information content (AvgIpc) is 2.75. The summed E-state index contributed by atoms with van der Waals surface area (Å²) in [4.78, 5) is 35.8. The molecule has 1 N–H and O–H groups in total. The first-order valence-electron chi connectivity index (χ1n) is 8.52. The zero-order chi connectivity index (χ0) is 20.2. The molecule has 0 aliphatic carbocycles. The first kappa shape index (κ1) is 21.2. The second kappa shape index (κ2) is 11.6. The number of hydrogen-bond donors (Lipinski definition) is 1. The Morgan fingerprint density at radius 3 is 2.32 bits per heavy atom. The summed E-state index contributed by atoms with van der Waals surface area (Å²) in [6.45, 7) is 0.0964. The van der Waals surface area contributed by atoms with Gasteiger partial charge in [-0.05, 0) is 17.0 Å². The fourth-order valence-corrected chi connectivity index (χ4v) is 2.92. The Morgan fingerprint density at radius 1 is 1.04 bits per heavy atom. The Bertz CT molecular complexity index is 808. The monoisotopic (exact) mass is 399 g/mol. The highest BCUT2D eigenvalue weighted by molar-refractivity contribution is 8.02. The van der Waals surface area contributed by atoms with Crippen LogP contribution in [0, 0.1) is 0 Å². The number of ether oxygens (including phenoxy) is 2. The fraction of sp³-hybridized carbons (Fsp3) is 0.190. The van der Waals surface area contributed by atoms with Crippen molar-refractivity contribution in [3.8, 4) is 0 Å². The third kappa shape index (κ3) is 7.28. The number of amides is 1. The van der Waals surface area contributed by atoms with Gasteiger partial charge >= 0.3 is 12.1 Å². The molecule has 1 atom stereocenters. The minimum atomic E-state index is -0.894. The third-order valence-corrected chi connectivity index (χ3v) is 4.48. The topological polar surface area (TPSA) is 81.7 Å². The molecule has 0 aliphatic heterocycles. The van der Waals surface area contributed by atoms with Gasteiger partial charge in [0.2, 0.25) is 0 Å². The van der Waals surface area contributed by atoms with E-state index in [0.29, 0.717) is 5.56 Å². The van der Waals surface area contributed by atoms with Crippen molar-refractivity contribution >= 4 is 29.6 Å². The minimum Gasteiger partial charge on any atom is -0.467 e. The zero-order valence-corrected chi connectivity index (χ0v) is 16.2. The number of allylic oxidation sites excluding steroid dienone is 1. The van der Waals surface area contributed by atoms with Crippen LogP contribution in [0.5, 0.6) is 0 Å². The molecule has 0 radical (unpaired) electrons. The van der Waals surface area contributed by atoms with Crippen LogP contribution in [-0.4, -0.2) is 36.8 Å². The van der Waals surface area contributed by atoms with Gasteiger partial charge in [-0.15, -0.1) is 11.8 Å². The van der Waals surface area contributed by atoms with Gasteiger partial charge in [0.25, 0.3) is 0 Å². The molecule has 146 valence electrons. The number of rotatable bonds is 9. The smallest absolute Gasteiger partial charge is 0.408 e. The van der Waals surface area contributed by atoms with E-state index in [1.165, 1.54) is 24.9 Å². The maximum absolute atomic E-state index is 12.0. The van der Waals surface area contributed by atoms with Gasteiger partial charge in [-0.2, -0.15) is 0 Å². The molecule has 1 amide bonds. The number of carbonyl (C=O) groups excluding carboxylic acids is 3. The zero-order valence-electron chi connectivity index (χ0n) is 15.4. The predicted molar refractivity (Wildman–Crippen MR) is 108 cm³/mol. The molecule has 28 heavy (non-hydrogen) atoms. The molecule has 0 heterocycles. The van der Waals surface area contributed by atoms with E-state index in [9.17, 15) is 14.4 Å². The van der Waals surface area contributed by atoms with Crippen LogP contribution < -0.4 is 5.32 Å². The van der Waals surface area contributed by atoms with Gasteiger partial charge in [-0.1, -0.05) is 60.7 Å². The standard InChI is InChI=1S/C21H21NO5S/c1-26-20(24)18(22-21(25)27-14-16-8-4-2-5-9-16)15-28-13-12-19(23)17-10-6-3-7-11-17/h2-13,18H,14-15H2,1H3,(H,22,25)/b13-12+/t18-/m0/s1. The molecule has 0 saturated heterocycles. The Morgan fingerprint density at radius 2 is 1.68 bits per heavy atom. The van der Waals surface area contributed by atoms with E-state index in [1.807, 2.05) is 36.4 Å². The number of carbonyl (C=O) groups is 3. The van der Waals surface area contributed by atoms with E-state index in [4.69, 9.17) is 9.47 Å². The van der Waals surface area contributed by atoms with Gasteiger partial charge in [-0.25, -0.2) is 9.59 Å². The average molecular weight is 399 g/mol. The molecule has 6 nitrogen and oxygen atoms in total. The number of alkyl carbamates (subject to hydrolysis) is 1. The van der Waals surface area contributed by atoms with Crippen LogP contribution >= 0.6 is 11.8 Å². The number of ketones is 1. The summed E-state index contributed by atoms with van der Waals surface area (Å²) >= 11 is 1.21. The van der Waals surface area contributed by atoms with Crippen LogP contribution in [0.25, 0.3) is 0 Å². The maximum atomic E-state index is 12.0. The Labute approximate surface area is 167 Å². The van der Waals surface area contributed by atoms with Crippen molar-refractivity contribution in [1.82, 2.24) is 5.32 Å². The van der Waals surface area contributed by atoms with Crippen molar-refractivity contribution in [2.45, 2.75) is 12.6 Å². The fourth-order valence-electron chi connectivity index (χ4n) is 2.18. The number of nitrogens with one attached hydrogen (secondary N) is 1. The first-order chi connectivity index (χ1) is 13.6. The number of thioether (sulfide) groups is 1. The Kier molecular flexibility index (Phi) is 8.81. The predicted octanol–water partition coefficient (Wildman–Crippen LogP) is 3.58. The molecule has 0 unspecified atom stereocenters. The van der Waals surface area contributed by atoms with Crippen molar-refractivity contribution in [3.05, 3.63) is 83.3 Å². The lowest BCUT2D eigenvalue weighted by Gasteiger charge is -2.15. The van der Waals surface area contributed by atoms with E-state index < -0.39 is 18.1 Å². The lowest BCUT2D eigenvalue weighted by Crippen LogP contribution is -2.43. The van der Waals surface area contributed by atoms with Crippen LogP contribution in [0.3, 0.4) is 0 Å². The quantitative estimate of drug-likeness (QED) is 0.394. The maximum Gasteiger partial charge on any atom is 0.408 e. The lowest BCUT2D eigenvalue weighted by atomic mass is 10.1. The third-order valence-electron chi connectivity index (χ3n) is 3.63. The SMILES string of the molecule is COC(=O)[C@H](CS/C=C/C(=O)c1ccccc1)NC(=O)OCc1ccccc1. The minimum absolute atomic E-state index is 0.0964. The molecular weight excluding hydrogens is 378 g/mol. The van der Waals surface area contributed by atoms with E-state index in [0.717, 1.165) is 5.56 Å². The summed E-state index contributed by atoms with van der Waals surface area (Å²) in [5.74, 6) is -0.531. The normalized spacial score (nSPS) is 11.6. The van der Waals surface area contributed by atoms with Crippen molar-refractivity contribution in [1.29, 1.82) is 0 Å². The second-order valence-electron chi connectivity index (χ2n) is 5.65. The van der Waals surface area contributed by atoms with Gasteiger partial charge in [0, 0.05) is 11.3 Å². The van der Waals surface area contributed by atoms with Gasteiger partial charge in [-0.3, -0.25) is 4.79 Å². The Balaban J connectivity index is 1.82. The van der Waals surface area contributed by atoms with Crippen LogP contribution in [0.2, 0.25) is 0 Å². The molecule has 2 aromatic rings. The largest absolute Gasteiger partial charge is 0.467 e. The highest BCUT2D eigenvalue weighted by Gasteiger charge is 2.22. The summed E-state index contributed by atoms with van der Waals surface area (Å²) in [6.07, 6.45) is 0.700. The number of benzene rings is 2. The van der Waals surface area contributed by atoms with Gasteiger partial charge in [0.05, 0.1) is 7.11 Å². The van der Waals surface area contributed by atoms with Crippen molar-refractivity contribution in [3.63, 3.8) is 0 Å². The number of hydrogen-bond acceptors (Lipinski definition) is 6. The molecule has 0 bridgehead atoms. The van der Waals surface area contributed by atoms with Crippen molar-refractivity contribution in [2.75, 3.05) is 12.9 Å². The number of methoxy groups -OCH3 is 1. The van der Waals surface area contributed by atoms with Crippen LogP contribution in [0.4, 0.5) is 4.79 Å². The molecule has 0 spiro atoms. The molecular formula is C21H21NO5S. The van der Waals surface area contributed by atoms with Gasteiger partial charge < -0.3 is 14.8 Å². The van der Waals surface area contributed by atoms with E-state index >= 15 is 0 Å². The van der Waals surface area contributed by atoms with Crippen LogP contribution in [0.1, 0.15) is 15.9 Å². The Hall–Kier alpha value is -3.06. The molecule has 0 aliphatic rings. The summed E-state index contributed by atoms with van der Waals surface area (Å²) < 4.78 is 9.83. The van der Waals surface area contributed by atoms with E-state index in [2.05, 4.69) is 5.32 Å². The number of esters is 1. The molecule has 7 heteroatoms. The first-order valence-corrected chi connectivity index (χ1v) is 9.57. The van der Waals surface area contributed by atoms with Crippen molar-refractivity contribution < 1.29 is 23.9 Å². The molecule has 0 aromatic heterocycles. The molecule has 0 fully saturated rings. The lowest BCUT2D eigenvalue weighted by molar-refractivity contribution is -0.142. The second-order valence-corrected chi connectivity index (χ2v) is 6.59. The van der Waals surface area contributed by atoms with E-state index in [1.54, 1.807) is 29.7 Å². The van der Waals surface area contributed by atoms with Crippen LogP contribution in [0.15, 0.2) is 72.1 Å². The highest BCUT2D eigenvalue weighted by Crippen LogP contribution is 2.09. The van der Waals surface area contributed by atoms with Gasteiger partial charge in [0.15, 0.2) is 5.78 Å². The molecule has 2 rings (SSSR count). The van der Waals surface area contributed by atoms with E-state index in [-0.39, 0.29) is 18.1 Å². The summed E-state index contributed by atoms with van der Waals surface area (Å²) in [7, 11) is 1.24. The molecule has 2 aromatic carbocycles. The summed E-state index contributed by atoms with van der Waals surface area (Å²) in [5.41, 5.74) is 1.41. The van der Waals surface area contributed by atoms with Crippen molar-refractivity contribution in [2.24, 2.45) is 0 Å². The highest BCUT2D eigenvalue weighted by atomic mass is 32.2. The van der Waals surface area contributed by atoms with Crippen LogP contribution in [-0.2, 0) is 20.9 Å². The summed E-state index contributed by atoms with van der Waals surface area (Å²) in [6, 6.07) is 17.2.